The fourth-order valence-corrected chi connectivity index (χ4v) is 2.17. The van der Waals surface area contributed by atoms with E-state index in [0.29, 0.717) is 22.2 Å². The minimum atomic E-state index is -0.594. The fraction of sp³-hybridized carbons (Fsp3) is 0.0625. The minimum Gasteiger partial charge on any atom is -0.457 e. The molecule has 23 heavy (non-hydrogen) atoms. The molecule has 116 valence electrons. The van der Waals surface area contributed by atoms with Crippen LogP contribution in [-0.2, 0) is 0 Å². The minimum absolute atomic E-state index is 0.534. The van der Waals surface area contributed by atoms with E-state index in [2.05, 4.69) is 10.1 Å². The maximum atomic E-state index is 11.8. The molecule has 0 bridgehead atoms. The van der Waals surface area contributed by atoms with Crippen molar-refractivity contribution in [2.24, 2.45) is 0 Å². The Morgan fingerprint density at radius 2 is 1.87 bits per heavy atom. The van der Waals surface area contributed by atoms with Crippen LogP contribution in [0.1, 0.15) is 5.56 Å². The molecule has 0 saturated carbocycles. The number of hydrogen-bond acceptors (Lipinski definition) is 4. The number of H-pyrrole nitrogens is 1. The molecule has 0 aliphatic carbocycles. The van der Waals surface area contributed by atoms with Gasteiger partial charge in [-0.3, -0.25) is 9.78 Å². The first kappa shape index (κ1) is 15.1. The lowest BCUT2D eigenvalue weighted by molar-refractivity contribution is 0.478. The Bertz CT molecular complexity index is 961. The highest BCUT2D eigenvalue weighted by atomic mass is 35.5. The number of benzene rings is 2. The Hall–Kier alpha value is -2.86. The second kappa shape index (κ2) is 6.10. The van der Waals surface area contributed by atoms with Gasteiger partial charge in [-0.05, 0) is 55.0 Å². The third-order valence-corrected chi connectivity index (χ3v) is 3.41. The number of halogens is 1. The summed E-state index contributed by atoms with van der Waals surface area (Å²) in [6.07, 6.45) is 1.05. The molecule has 0 aliphatic rings. The van der Waals surface area contributed by atoms with E-state index in [1.165, 1.54) is 0 Å². The molecular formula is C16H12ClN3O3. The molecule has 7 heteroatoms. The van der Waals surface area contributed by atoms with Gasteiger partial charge in [0.25, 0.3) is 5.56 Å². The SMILES string of the molecule is Cc1cc(-n2ncc(=O)[nH]c2=O)ccc1Oc1ccc(Cl)cc1. The Kier molecular flexibility index (Phi) is 3.99. The Labute approximate surface area is 135 Å². The van der Waals surface area contributed by atoms with E-state index < -0.39 is 11.2 Å². The molecule has 0 amide bonds. The number of aryl methyl sites for hydroxylation is 1. The summed E-state index contributed by atoms with van der Waals surface area (Å²) >= 11 is 5.84. The normalized spacial score (nSPS) is 10.5. The van der Waals surface area contributed by atoms with Crippen LogP contribution in [0.5, 0.6) is 11.5 Å². The second-order valence-corrected chi connectivity index (χ2v) is 5.29. The van der Waals surface area contributed by atoms with Crippen molar-refractivity contribution in [1.82, 2.24) is 14.8 Å². The number of aromatic nitrogens is 3. The second-order valence-electron chi connectivity index (χ2n) is 4.86. The third kappa shape index (κ3) is 3.32. The molecule has 0 radical (unpaired) electrons. The number of nitrogens with one attached hydrogen (secondary N) is 1. The molecule has 0 saturated heterocycles. The van der Waals surface area contributed by atoms with Crippen LogP contribution in [0.3, 0.4) is 0 Å². The van der Waals surface area contributed by atoms with Gasteiger partial charge in [0, 0.05) is 5.02 Å². The van der Waals surface area contributed by atoms with Gasteiger partial charge in [0.15, 0.2) is 0 Å². The summed E-state index contributed by atoms with van der Waals surface area (Å²) in [5, 5.41) is 4.45. The van der Waals surface area contributed by atoms with Crippen molar-refractivity contribution >= 4 is 11.6 Å². The molecular weight excluding hydrogens is 318 g/mol. The van der Waals surface area contributed by atoms with Crippen LogP contribution < -0.4 is 16.0 Å². The number of rotatable bonds is 3. The van der Waals surface area contributed by atoms with Crippen molar-refractivity contribution in [3.63, 3.8) is 0 Å². The summed E-state index contributed by atoms with van der Waals surface area (Å²) in [6.45, 7) is 1.85. The lowest BCUT2D eigenvalue weighted by Crippen LogP contribution is -2.30. The molecule has 1 aromatic heterocycles. The quantitative estimate of drug-likeness (QED) is 0.801. The van der Waals surface area contributed by atoms with Gasteiger partial charge in [-0.15, -0.1) is 0 Å². The molecule has 6 nitrogen and oxygen atoms in total. The van der Waals surface area contributed by atoms with E-state index in [4.69, 9.17) is 16.3 Å². The lowest BCUT2D eigenvalue weighted by Gasteiger charge is -2.10. The van der Waals surface area contributed by atoms with E-state index in [-0.39, 0.29) is 0 Å². The van der Waals surface area contributed by atoms with Gasteiger partial charge in [-0.25, -0.2) is 4.79 Å². The van der Waals surface area contributed by atoms with Crippen molar-refractivity contribution in [3.05, 3.63) is 80.1 Å². The molecule has 0 spiro atoms. The van der Waals surface area contributed by atoms with E-state index in [1.807, 2.05) is 6.92 Å². The maximum Gasteiger partial charge on any atom is 0.349 e. The summed E-state index contributed by atoms with van der Waals surface area (Å²) in [6, 6.07) is 12.2. The molecule has 1 N–H and O–H groups in total. The zero-order chi connectivity index (χ0) is 16.4. The Morgan fingerprint density at radius 3 is 2.52 bits per heavy atom. The summed E-state index contributed by atoms with van der Waals surface area (Å²) in [7, 11) is 0. The first-order valence-electron chi connectivity index (χ1n) is 6.76. The van der Waals surface area contributed by atoms with Crippen molar-refractivity contribution in [3.8, 4) is 17.2 Å². The number of hydrogen-bond donors (Lipinski definition) is 1. The number of ether oxygens (including phenoxy) is 1. The maximum absolute atomic E-state index is 11.8. The van der Waals surface area contributed by atoms with Gasteiger partial charge in [-0.1, -0.05) is 11.6 Å². The fourth-order valence-electron chi connectivity index (χ4n) is 2.05. The van der Waals surface area contributed by atoms with Crippen LogP contribution in [0.2, 0.25) is 5.02 Å². The molecule has 0 unspecified atom stereocenters. The molecule has 0 atom stereocenters. The summed E-state index contributed by atoms with van der Waals surface area (Å²) in [5.41, 5.74) is 0.221. The van der Waals surface area contributed by atoms with Crippen molar-refractivity contribution < 1.29 is 4.74 Å². The van der Waals surface area contributed by atoms with Crippen LogP contribution in [-0.4, -0.2) is 14.8 Å². The molecule has 0 fully saturated rings. The van der Waals surface area contributed by atoms with Gasteiger partial charge < -0.3 is 4.74 Å². The zero-order valence-corrected chi connectivity index (χ0v) is 12.9. The highest BCUT2D eigenvalue weighted by Crippen LogP contribution is 2.27. The van der Waals surface area contributed by atoms with Crippen molar-refractivity contribution in [2.75, 3.05) is 0 Å². The van der Waals surface area contributed by atoms with E-state index in [1.54, 1.807) is 42.5 Å². The van der Waals surface area contributed by atoms with Crippen LogP contribution in [0.15, 0.2) is 58.3 Å². The van der Waals surface area contributed by atoms with Crippen LogP contribution >= 0.6 is 11.6 Å². The van der Waals surface area contributed by atoms with E-state index in [0.717, 1.165) is 16.4 Å². The highest BCUT2D eigenvalue weighted by Gasteiger charge is 2.07. The van der Waals surface area contributed by atoms with Crippen molar-refractivity contribution in [1.29, 1.82) is 0 Å². The zero-order valence-electron chi connectivity index (χ0n) is 12.1. The highest BCUT2D eigenvalue weighted by molar-refractivity contribution is 6.30. The molecule has 3 rings (SSSR count). The van der Waals surface area contributed by atoms with Gasteiger partial charge in [0.1, 0.15) is 17.7 Å². The first-order valence-corrected chi connectivity index (χ1v) is 7.14. The molecule has 3 aromatic rings. The predicted octanol–water partition coefficient (Wildman–Crippen LogP) is 2.67. The summed E-state index contributed by atoms with van der Waals surface area (Å²) < 4.78 is 6.89. The predicted molar refractivity (Wildman–Crippen MR) is 86.7 cm³/mol. The Morgan fingerprint density at radius 1 is 1.13 bits per heavy atom. The number of aromatic amines is 1. The lowest BCUT2D eigenvalue weighted by atomic mass is 10.2. The van der Waals surface area contributed by atoms with E-state index in [9.17, 15) is 9.59 Å². The van der Waals surface area contributed by atoms with Crippen LogP contribution in [0, 0.1) is 6.92 Å². The van der Waals surface area contributed by atoms with Crippen molar-refractivity contribution in [2.45, 2.75) is 6.92 Å². The van der Waals surface area contributed by atoms with Gasteiger partial charge >= 0.3 is 5.69 Å². The van der Waals surface area contributed by atoms with Gasteiger partial charge in [-0.2, -0.15) is 9.78 Å². The molecule has 1 heterocycles. The van der Waals surface area contributed by atoms with Crippen LogP contribution in [0.25, 0.3) is 5.69 Å². The summed E-state index contributed by atoms with van der Waals surface area (Å²) in [5.74, 6) is 1.30. The molecule has 2 aromatic carbocycles. The third-order valence-electron chi connectivity index (χ3n) is 3.16. The topological polar surface area (TPSA) is 77.0 Å². The standard InChI is InChI=1S/C16H12ClN3O3/c1-10-8-12(20-16(22)19-15(21)9-18-20)4-7-14(10)23-13-5-2-11(17)3-6-13/h2-9H,1H3,(H,19,21,22). The van der Waals surface area contributed by atoms with Gasteiger partial charge in [0.2, 0.25) is 0 Å². The van der Waals surface area contributed by atoms with Gasteiger partial charge in [0.05, 0.1) is 5.69 Å². The summed E-state index contributed by atoms with van der Waals surface area (Å²) in [4.78, 5) is 25.0. The molecule has 0 aliphatic heterocycles. The Balaban J connectivity index is 1.93. The van der Waals surface area contributed by atoms with Crippen LogP contribution in [0.4, 0.5) is 0 Å². The average Bonchev–Trinajstić information content (AvgIpc) is 2.51. The first-order chi connectivity index (χ1) is 11.0. The monoisotopic (exact) mass is 329 g/mol. The van der Waals surface area contributed by atoms with E-state index >= 15 is 0 Å². The average molecular weight is 330 g/mol. The smallest absolute Gasteiger partial charge is 0.349 e. The largest absolute Gasteiger partial charge is 0.457 e. The number of nitrogens with zero attached hydrogens (tertiary/aromatic N) is 2.